The predicted molar refractivity (Wildman–Crippen MR) is 62.4 cm³/mol. The molecule has 0 aliphatic heterocycles. The van der Waals surface area contributed by atoms with Crippen LogP contribution in [0.4, 0.5) is 0 Å². The number of ether oxygens (including phenoxy) is 2. The van der Waals surface area contributed by atoms with Gasteiger partial charge in [-0.3, -0.25) is 0 Å². The Morgan fingerprint density at radius 2 is 1.83 bits per heavy atom. The third-order valence-corrected chi connectivity index (χ3v) is 2.10. The van der Waals surface area contributed by atoms with Crippen LogP contribution in [0.15, 0.2) is 24.3 Å². The summed E-state index contributed by atoms with van der Waals surface area (Å²) in [6.07, 6.45) is -1.61. The van der Waals surface area contributed by atoms with Gasteiger partial charge in [-0.2, -0.15) is 10.5 Å². The number of hydrogen-bond donors (Lipinski definition) is 0. The van der Waals surface area contributed by atoms with Crippen molar-refractivity contribution < 1.29 is 14.3 Å². The monoisotopic (exact) mass is 244 g/mol. The maximum atomic E-state index is 11.5. The molecule has 0 aromatic heterocycles. The summed E-state index contributed by atoms with van der Waals surface area (Å²) in [5, 5.41) is 17.1. The van der Waals surface area contributed by atoms with Gasteiger partial charge >= 0.3 is 5.97 Å². The first-order valence-electron chi connectivity index (χ1n) is 5.33. The highest BCUT2D eigenvalue weighted by Crippen LogP contribution is 2.14. The first-order valence-corrected chi connectivity index (χ1v) is 5.33. The second-order valence-corrected chi connectivity index (χ2v) is 3.60. The lowest BCUT2D eigenvalue weighted by atomic mass is 10.2. The molecule has 5 nitrogen and oxygen atoms in total. The standard InChI is InChI=1S/C13H12N2O3/c1-9(7-14)17-13(16)10(2)18-12-5-3-11(8-15)4-6-12/h3-6,9-10H,1-2H3/t9-,10-/m0/s1. The fraction of sp³-hybridized carbons (Fsp3) is 0.308. The Labute approximate surface area is 105 Å². The number of nitrogens with zero attached hydrogens (tertiary/aromatic N) is 2. The van der Waals surface area contributed by atoms with Gasteiger partial charge in [0.25, 0.3) is 0 Å². The van der Waals surface area contributed by atoms with Gasteiger partial charge in [0.15, 0.2) is 12.2 Å². The highest BCUT2D eigenvalue weighted by Gasteiger charge is 2.18. The van der Waals surface area contributed by atoms with Crippen molar-refractivity contribution in [3.8, 4) is 17.9 Å². The molecule has 1 rings (SSSR count). The molecule has 92 valence electrons. The fourth-order valence-electron chi connectivity index (χ4n) is 1.16. The number of rotatable bonds is 4. The van der Waals surface area contributed by atoms with Crippen LogP contribution in [-0.4, -0.2) is 18.2 Å². The van der Waals surface area contributed by atoms with Gasteiger partial charge in [-0.25, -0.2) is 4.79 Å². The Morgan fingerprint density at radius 3 is 2.33 bits per heavy atom. The summed E-state index contributed by atoms with van der Waals surface area (Å²) < 4.78 is 10.1. The Hall–Kier alpha value is -2.53. The van der Waals surface area contributed by atoms with E-state index in [0.29, 0.717) is 11.3 Å². The summed E-state index contributed by atoms with van der Waals surface area (Å²) >= 11 is 0. The lowest BCUT2D eigenvalue weighted by molar-refractivity contribution is -0.153. The topological polar surface area (TPSA) is 83.1 Å². The van der Waals surface area contributed by atoms with Gasteiger partial charge in [-0.05, 0) is 38.1 Å². The highest BCUT2D eigenvalue weighted by atomic mass is 16.6. The lowest BCUT2D eigenvalue weighted by Gasteiger charge is -2.14. The van der Waals surface area contributed by atoms with E-state index < -0.39 is 18.2 Å². The van der Waals surface area contributed by atoms with E-state index in [9.17, 15) is 4.79 Å². The van der Waals surface area contributed by atoms with Crippen molar-refractivity contribution in [1.29, 1.82) is 10.5 Å². The quantitative estimate of drug-likeness (QED) is 0.754. The molecule has 0 aliphatic carbocycles. The SMILES string of the molecule is C[C@H](Oc1ccc(C#N)cc1)C(=O)O[C@@H](C)C#N. The number of carbonyl (C=O) groups excluding carboxylic acids is 1. The molecule has 0 saturated carbocycles. The van der Waals surface area contributed by atoms with Gasteiger partial charge in [-0.1, -0.05) is 0 Å². The van der Waals surface area contributed by atoms with Crippen molar-refractivity contribution in [2.45, 2.75) is 26.1 Å². The molecule has 0 fully saturated rings. The van der Waals surface area contributed by atoms with Crippen molar-refractivity contribution in [2.24, 2.45) is 0 Å². The van der Waals surface area contributed by atoms with Crippen LogP contribution in [-0.2, 0) is 9.53 Å². The molecule has 5 heteroatoms. The molecule has 0 saturated heterocycles. The molecule has 0 unspecified atom stereocenters. The number of esters is 1. The first kappa shape index (κ1) is 13.5. The maximum Gasteiger partial charge on any atom is 0.348 e. The number of nitriles is 2. The van der Waals surface area contributed by atoms with Crippen molar-refractivity contribution in [2.75, 3.05) is 0 Å². The Morgan fingerprint density at radius 1 is 1.22 bits per heavy atom. The normalized spacial score (nSPS) is 12.7. The summed E-state index contributed by atoms with van der Waals surface area (Å²) in [5.41, 5.74) is 0.510. The summed E-state index contributed by atoms with van der Waals surface area (Å²) in [7, 11) is 0. The molecule has 18 heavy (non-hydrogen) atoms. The van der Waals surface area contributed by atoms with Crippen molar-refractivity contribution in [3.63, 3.8) is 0 Å². The van der Waals surface area contributed by atoms with Gasteiger partial charge in [0.1, 0.15) is 11.8 Å². The van der Waals surface area contributed by atoms with Gasteiger partial charge < -0.3 is 9.47 Å². The maximum absolute atomic E-state index is 11.5. The third kappa shape index (κ3) is 3.80. The van der Waals surface area contributed by atoms with Crippen LogP contribution >= 0.6 is 0 Å². The van der Waals surface area contributed by atoms with Gasteiger partial charge in [0.05, 0.1) is 11.6 Å². The Bertz CT molecular complexity index is 496. The first-order chi connectivity index (χ1) is 8.56. The van der Waals surface area contributed by atoms with E-state index in [1.165, 1.54) is 13.8 Å². The lowest BCUT2D eigenvalue weighted by Crippen LogP contribution is -2.28. The summed E-state index contributed by atoms with van der Waals surface area (Å²) in [5.74, 6) is -0.142. The fourth-order valence-corrected chi connectivity index (χ4v) is 1.16. The van der Waals surface area contributed by atoms with Gasteiger partial charge in [0.2, 0.25) is 0 Å². The minimum absolute atomic E-state index is 0.461. The molecule has 0 amide bonds. The molecule has 1 aromatic rings. The van der Waals surface area contributed by atoms with Crippen LogP contribution in [0, 0.1) is 22.7 Å². The van der Waals surface area contributed by atoms with E-state index in [1.807, 2.05) is 6.07 Å². The average molecular weight is 244 g/mol. The van der Waals surface area contributed by atoms with Crippen LogP contribution in [0.3, 0.4) is 0 Å². The average Bonchev–Trinajstić information content (AvgIpc) is 2.39. The van der Waals surface area contributed by atoms with E-state index in [4.69, 9.17) is 20.0 Å². The molecule has 0 radical (unpaired) electrons. The molecule has 0 heterocycles. The van der Waals surface area contributed by atoms with E-state index in [-0.39, 0.29) is 0 Å². The van der Waals surface area contributed by atoms with E-state index in [1.54, 1.807) is 30.3 Å². The Balaban J connectivity index is 2.59. The van der Waals surface area contributed by atoms with Crippen molar-refractivity contribution >= 4 is 5.97 Å². The molecular formula is C13H12N2O3. The van der Waals surface area contributed by atoms with Crippen LogP contribution in [0.25, 0.3) is 0 Å². The molecule has 0 bridgehead atoms. The minimum Gasteiger partial charge on any atom is -0.479 e. The molecule has 0 N–H and O–H groups in total. The second-order valence-electron chi connectivity index (χ2n) is 3.60. The molecule has 2 atom stereocenters. The van der Waals surface area contributed by atoms with Gasteiger partial charge in [0, 0.05) is 0 Å². The zero-order valence-corrected chi connectivity index (χ0v) is 10.1. The highest BCUT2D eigenvalue weighted by molar-refractivity contribution is 5.75. The summed E-state index contributed by atoms with van der Waals surface area (Å²) in [6.45, 7) is 3.01. The van der Waals surface area contributed by atoms with Crippen molar-refractivity contribution in [1.82, 2.24) is 0 Å². The largest absolute Gasteiger partial charge is 0.479 e. The number of hydrogen-bond acceptors (Lipinski definition) is 5. The molecule has 1 aromatic carbocycles. The van der Waals surface area contributed by atoms with E-state index >= 15 is 0 Å². The molecule has 0 spiro atoms. The summed E-state index contributed by atoms with van der Waals surface area (Å²) in [4.78, 5) is 11.5. The number of carbonyl (C=O) groups is 1. The second kappa shape index (κ2) is 6.27. The van der Waals surface area contributed by atoms with Crippen LogP contribution in [0.5, 0.6) is 5.75 Å². The van der Waals surface area contributed by atoms with Crippen molar-refractivity contribution in [3.05, 3.63) is 29.8 Å². The molecular weight excluding hydrogens is 232 g/mol. The third-order valence-electron chi connectivity index (χ3n) is 2.10. The zero-order valence-electron chi connectivity index (χ0n) is 10.1. The number of benzene rings is 1. The molecule has 0 aliphatic rings. The minimum atomic E-state index is -0.811. The van der Waals surface area contributed by atoms with Gasteiger partial charge in [-0.15, -0.1) is 0 Å². The zero-order chi connectivity index (χ0) is 13.5. The van der Waals surface area contributed by atoms with Crippen LogP contribution < -0.4 is 4.74 Å². The Kier molecular flexibility index (Phi) is 4.71. The van der Waals surface area contributed by atoms with E-state index in [2.05, 4.69) is 0 Å². The van der Waals surface area contributed by atoms with Crippen LogP contribution in [0.2, 0.25) is 0 Å². The predicted octanol–water partition coefficient (Wildman–Crippen LogP) is 1.78. The smallest absolute Gasteiger partial charge is 0.348 e. The summed E-state index contributed by atoms with van der Waals surface area (Å²) in [6, 6.07) is 10.1. The van der Waals surface area contributed by atoms with Crippen LogP contribution in [0.1, 0.15) is 19.4 Å². The van der Waals surface area contributed by atoms with E-state index in [0.717, 1.165) is 0 Å².